The number of carbonyl (C=O) groups excluding carboxylic acids is 1. The van der Waals surface area contributed by atoms with E-state index in [1.165, 1.54) is 19.2 Å². The van der Waals surface area contributed by atoms with Gasteiger partial charge in [0.05, 0.1) is 12.7 Å². The molecule has 0 heterocycles. The second-order valence-electron chi connectivity index (χ2n) is 3.30. The second-order valence-corrected chi connectivity index (χ2v) is 3.30. The summed E-state index contributed by atoms with van der Waals surface area (Å²) in [5.41, 5.74) is 6.43. The van der Waals surface area contributed by atoms with Crippen molar-refractivity contribution in [2.24, 2.45) is 5.73 Å². The average molecular weight is 220 g/mol. The van der Waals surface area contributed by atoms with Crippen molar-refractivity contribution in [3.05, 3.63) is 29.3 Å². The molecule has 0 amide bonds. The zero-order chi connectivity index (χ0) is 12.1. The predicted molar refractivity (Wildman–Crippen MR) is 56.5 cm³/mol. The third-order valence-electron chi connectivity index (χ3n) is 2.14. The number of nitriles is 1. The number of nitrogens with zero attached hydrogens (tertiary/aromatic N) is 1. The third-order valence-corrected chi connectivity index (χ3v) is 2.14. The Kier molecular flexibility index (Phi) is 3.86. The molecular formula is C11H12N2O3. The Labute approximate surface area is 93.1 Å². The van der Waals surface area contributed by atoms with Gasteiger partial charge in [-0.05, 0) is 24.1 Å². The highest BCUT2D eigenvalue weighted by molar-refractivity contribution is 5.75. The number of hydrogen-bond acceptors (Lipinski definition) is 5. The van der Waals surface area contributed by atoms with Crippen molar-refractivity contribution in [2.45, 2.75) is 12.5 Å². The molecule has 0 unspecified atom stereocenters. The van der Waals surface area contributed by atoms with Crippen LogP contribution in [-0.2, 0) is 16.0 Å². The molecule has 84 valence electrons. The van der Waals surface area contributed by atoms with Crippen molar-refractivity contribution in [2.75, 3.05) is 7.11 Å². The molecule has 0 saturated heterocycles. The molecule has 0 saturated carbocycles. The summed E-state index contributed by atoms with van der Waals surface area (Å²) in [4.78, 5) is 11.1. The van der Waals surface area contributed by atoms with Crippen molar-refractivity contribution in [3.63, 3.8) is 0 Å². The number of ether oxygens (including phenoxy) is 1. The smallest absolute Gasteiger partial charge is 0.322 e. The SMILES string of the molecule is COC(=O)[C@H](N)Cc1ccc(O)c(C#N)c1. The Bertz CT molecular complexity index is 437. The lowest BCUT2D eigenvalue weighted by Gasteiger charge is -2.09. The van der Waals surface area contributed by atoms with E-state index in [0.717, 1.165) is 0 Å². The zero-order valence-electron chi connectivity index (χ0n) is 8.80. The predicted octanol–water partition coefficient (Wildman–Crippen LogP) is 0.307. The Hall–Kier alpha value is -2.06. The van der Waals surface area contributed by atoms with E-state index in [4.69, 9.17) is 11.0 Å². The van der Waals surface area contributed by atoms with E-state index in [1.54, 1.807) is 6.07 Å². The van der Waals surface area contributed by atoms with Crippen molar-refractivity contribution in [3.8, 4) is 11.8 Å². The minimum absolute atomic E-state index is 0.0853. The van der Waals surface area contributed by atoms with Crippen LogP contribution in [0.15, 0.2) is 18.2 Å². The van der Waals surface area contributed by atoms with Gasteiger partial charge in [-0.3, -0.25) is 4.79 Å². The first-order valence-corrected chi connectivity index (χ1v) is 4.64. The molecule has 1 atom stereocenters. The molecule has 0 fully saturated rings. The van der Waals surface area contributed by atoms with Gasteiger partial charge in [-0.15, -0.1) is 0 Å². The van der Waals surface area contributed by atoms with Crippen LogP contribution in [0.5, 0.6) is 5.75 Å². The van der Waals surface area contributed by atoms with Crippen LogP contribution in [0.1, 0.15) is 11.1 Å². The summed E-state index contributed by atoms with van der Waals surface area (Å²) in [6, 6.07) is 5.59. The van der Waals surface area contributed by atoms with E-state index in [1.807, 2.05) is 6.07 Å². The van der Waals surface area contributed by atoms with Gasteiger partial charge in [-0.25, -0.2) is 0 Å². The number of carbonyl (C=O) groups is 1. The van der Waals surface area contributed by atoms with E-state index in [9.17, 15) is 9.90 Å². The molecule has 0 aliphatic heterocycles. The molecule has 0 bridgehead atoms. The van der Waals surface area contributed by atoms with Gasteiger partial charge in [-0.2, -0.15) is 5.26 Å². The zero-order valence-corrected chi connectivity index (χ0v) is 8.80. The first-order valence-electron chi connectivity index (χ1n) is 4.64. The quantitative estimate of drug-likeness (QED) is 0.714. The fraction of sp³-hybridized carbons (Fsp3) is 0.273. The minimum Gasteiger partial charge on any atom is -0.507 e. The van der Waals surface area contributed by atoms with Crippen LogP contribution in [-0.4, -0.2) is 24.2 Å². The van der Waals surface area contributed by atoms with Crippen LogP contribution in [0, 0.1) is 11.3 Å². The van der Waals surface area contributed by atoms with E-state index in [-0.39, 0.29) is 17.7 Å². The van der Waals surface area contributed by atoms with Gasteiger partial charge in [-0.1, -0.05) is 6.07 Å². The van der Waals surface area contributed by atoms with Crippen LogP contribution in [0.4, 0.5) is 0 Å². The maximum absolute atomic E-state index is 11.1. The molecule has 0 aliphatic carbocycles. The Balaban J connectivity index is 2.83. The molecule has 0 spiro atoms. The summed E-state index contributed by atoms with van der Waals surface area (Å²) in [6.45, 7) is 0. The third kappa shape index (κ3) is 2.72. The molecule has 5 heteroatoms. The summed E-state index contributed by atoms with van der Waals surface area (Å²) >= 11 is 0. The monoisotopic (exact) mass is 220 g/mol. The fourth-order valence-electron chi connectivity index (χ4n) is 1.29. The van der Waals surface area contributed by atoms with Gasteiger partial charge in [0.15, 0.2) is 0 Å². The Morgan fingerprint density at radius 2 is 2.38 bits per heavy atom. The molecule has 3 N–H and O–H groups in total. The fourth-order valence-corrected chi connectivity index (χ4v) is 1.29. The van der Waals surface area contributed by atoms with Crippen molar-refractivity contribution >= 4 is 5.97 Å². The van der Waals surface area contributed by atoms with Crippen LogP contribution in [0.2, 0.25) is 0 Å². The number of rotatable bonds is 3. The first-order chi connectivity index (χ1) is 7.58. The second kappa shape index (κ2) is 5.14. The van der Waals surface area contributed by atoms with E-state index < -0.39 is 12.0 Å². The summed E-state index contributed by atoms with van der Waals surface area (Å²) in [6.07, 6.45) is 0.266. The number of nitrogens with two attached hydrogens (primary N) is 1. The molecule has 0 aromatic heterocycles. The van der Waals surface area contributed by atoms with Crippen molar-refractivity contribution in [1.82, 2.24) is 0 Å². The van der Waals surface area contributed by atoms with Gasteiger partial charge in [0.1, 0.15) is 17.9 Å². The lowest BCUT2D eigenvalue weighted by Crippen LogP contribution is -2.33. The summed E-state index contributed by atoms with van der Waals surface area (Å²) in [7, 11) is 1.26. The normalized spacial score (nSPS) is 11.6. The van der Waals surface area contributed by atoms with Gasteiger partial charge >= 0.3 is 5.97 Å². The largest absolute Gasteiger partial charge is 0.507 e. The molecule has 5 nitrogen and oxygen atoms in total. The number of methoxy groups -OCH3 is 1. The van der Waals surface area contributed by atoms with Crippen molar-refractivity contribution in [1.29, 1.82) is 5.26 Å². The summed E-state index contributed by atoms with van der Waals surface area (Å²) in [5, 5.41) is 18.0. The standard InChI is InChI=1S/C11H12N2O3/c1-16-11(15)9(13)5-7-2-3-10(14)8(4-7)6-12/h2-4,9,14H,5,13H2,1H3/t9-/m1/s1. The molecule has 0 radical (unpaired) electrons. The number of benzene rings is 1. The molecule has 0 aliphatic rings. The lowest BCUT2D eigenvalue weighted by molar-refractivity contribution is -0.142. The maximum atomic E-state index is 11.1. The first kappa shape index (κ1) is 12.0. The number of hydrogen-bond donors (Lipinski definition) is 2. The van der Waals surface area contributed by atoms with Crippen LogP contribution in [0.3, 0.4) is 0 Å². The van der Waals surface area contributed by atoms with Gasteiger partial charge in [0, 0.05) is 0 Å². The number of aromatic hydroxyl groups is 1. The Morgan fingerprint density at radius 3 is 2.94 bits per heavy atom. The minimum atomic E-state index is -0.763. The van der Waals surface area contributed by atoms with E-state index >= 15 is 0 Å². The van der Waals surface area contributed by atoms with Crippen LogP contribution >= 0.6 is 0 Å². The molecular weight excluding hydrogens is 208 g/mol. The average Bonchev–Trinajstić information content (AvgIpc) is 2.30. The van der Waals surface area contributed by atoms with Crippen LogP contribution in [0.25, 0.3) is 0 Å². The molecule has 1 aromatic rings. The Morgan fingerprint density at radius 1 is 1.69 bits per heavy atom. The van der Waals surface area contributed by atoms with Gasteiger partial charge in [0.25, 0.3) is 0 Å². The number of phenols is 1. The number of phenolic OH excluding ortho intramolecular Hbond substituents is 1. The lowest BCUT2D eigenvalue weighted by atomic mass is 10.0. The topological polar surface area (TPSA) is 96.3 Å². The highest BCUT2D eigenvalue weighted by atomic mass is 16.5. The van der Waals surface area contributed by atoms with Crippen LogP contribution < -0.4 is 5.73 Å². The molecule has 1 rings (SSSR count). The molecule has 16 heavy (non-hydrogen) atoms. The maximum Gasteiger partial charge on any atom is 0.322 e. The van der Waals surface area contributed by atoms with E-state index in [2.05, 4.69) is 4.74 Å². The van der Waals surface area contributed by atoms with Gasteiger partial charge < -0.3 is 15.6 Å². The summed E-state index contributed by atoms with van der Waals surface area (Å²) in [5.74, 6) is -0.593. The summed E-state index contributed by atoms with van der Waals surface area (Å²) < 4.78 is 4.49. The molecule has 1 aromatic carbocycles. The highest BCUT2D eigenvalue weighted by Crippen LogP contribution is 2.18. The van der Waals surface area contributed by atoms with Gasteiger partial charge in [0.2, 0.25) is 0 Å². The highest BCUT2D eigenvalue weighted by Gasteiger charge is 2.14. The number of esters is 1. The van der Waals surface area contributed by atoms with E-state index in [0.29, 0.717) is 5.56 Å². The van der Waals surface area contributed by atoms with Crippen molar-refractivity contribution < 1.29 is 14.6 Å².